The lowest BCUT2D eigenvalue weighted by Crippen LogP contribution is -2.19. The molecule has 0 amide bonds. The summed E-state index contributed by atoms with van der Waals surface area (Å²) >= 11 is 3.39. The average molecular weight is 350 g/mol. The van der Waals surface area contributed by atoms with Crippen LogP contribution in [0.1, 0.15) is 25.1 Å². The van der Waals surface area contributed by atoms with Crippen molar-refractivity contribution in [3.8, 4) is 5.75 Å². The lowest BCUT2D eigenvalue weighted by molar-refractivity contribution is 0.304. The molecule has 0 saturated carbocycles. The highest BCUT2D eigenvalue weighted by atomic mass is 79.9. The van der Waals surface area contributed by atoms with Crippen molar-refractivity contribution in [2.45, 2.75) is 27.0 Å². The van der Waals surface area contributed by atoms with Crippen molar-refractivity contribution in [2.75, 3.05) is 6.54 Å². The Hall–Kier alpha value is -1.46. The number of hydrogen-bond donors (Lipinski definition) is 1. The van der Waals surface area contributed by atoms with Crippen molar-refractivity contribution >= 4 is 15.9 Å². The molecule has 5 heteroatoms. The minimum absolute atomic E-state index is 0.485. The molecule has 21 heavy (non-hydrogen) atoms. The summed E-state index contributed by atoms with van der Waals surface area (Å²) in [4.78, 5) is 8.50. The van der Waals surface area contributed by atoms with Crippen LogP contribution >= 0.6 is 15.9 Å². The highest BCUT2D eigenvalue weighted by Gasteiger charge is 2.00. The third-order valence-electron chi connectivity index (χ3n) is 2.82. The van der Waals surface area contributed by atoms with Crippen LogP contribution in [0.15, 0.2) is 41.3 Å². The van der Waals surface area contributed by atoms with Crippen molar-refractivity contribution in [2.24, 2.45) is 5.92 Å². The van der Waals surface area contributed by atoms with E-state index in [1.165, 1.54) is 0 Å². The zero-order valence-electron chi connectivity index (χ0n) is 12.3. The molecule has 112 valence electrons. The fourth-order valence-electron chi connectivity index (χ4n) is 1.79. The molecule has 0 aliphatic carbocycles. The molecule has 0 spiro atoms. The maximum atomic E-state index is 5.70. The summed E-state index contributed by atoms with van der Waals surface area (Å²) in [5.41, 5.74) is 2.04. The van der Waals surface area contributed by atoms with Crippen LogP contribution in [-0.2, 0) is 13.2 Å². The van der Waals surface area contributed by atoms with E-state index in [2.05, 4.69) is 45.1 Å². The Morgan fingerprint density at radius 1 is 1.24 bits per heavy atom. The van der Waals surface area contributed by atoms with E-state index in [0.29, 0.717) is 12.5 Å². The molecule has 4 nitrogen and oxygen atoms in total. The van der Waals surface area contributed by atoms with E-state index in [1.807, 2.05) is 18.2 Å². The van der Waals surface area contributed by atoms with Crippen molar-refractivity contribution in [3.05, 3.63) is 52.5 Å². The van der Waals surface area contributed by atoms with Gasteiger partial charge in [-0.15, -0.1) is 0 Å². The van der Waals surface area contributed by atoms with E-state index < -0.39 is 0 Å². The van der Waals surface area contributed by atoms with E-state index in [1.54, 1.807) is 18.6 Å². The first kappa shape index (κ1) is 15.9. The highest BCUT2D eigenvalue weighted by molar-refractivity contribution is 9.10. The highest BCUT2D eigenvalue weighted by Crippen LogP contribution is 2.14. The minimum atomic E-state index is 0.485. The summed E-state index contributed by atoms with van der Waals surface area (Å²) in [6, 6.07) is 5.93. The van der Waals surface area contributed by atoms with Crippen LogP contribution in [0, 0.1) is 5.92 Å². The zero-order chi connectivity index (χ0) is 15.1. The van der Waals surface area contributed by atoms with Gasteiger partial charge in [0.1, 0.15) is 12.4 Å². The van der Waals surface area contributed by atoms with E-state index in [0.717, 1.165) is 34.6 Å². The van der Waals surface area contributed by atoms with Gasteiger partial charge in [0.25, 0.3) is 0 Å². The monoisotopic (exact) mass is 349 g/mol. The second kappa shape index (κ2) is 8.10. The first-order chi connectivity index (χ1) is 10.1. The van der Waals surface area contributed by atoms with E-state index in [9.17, 15) is 0 Å². The van der Waals surface area contributed by atoms with Gasteiger partial charge in [-0.25, -0.2) is 0 Å². The fraction of sp³-hybridized carbons (Fsp3) is 0.375. The molecule has 0 aliphatic heterocycles. The Balaban J connectivity index is 1.82. The topological polar surface area (TPSA) is 47.0 Å². The van der Waals surface area contributed by atoms with Gasteiger partial charge >= 0.3 is 0 Å². The summed E-state index contributed by atoms with van der Waals surface area (Å²) in [6.45, 7) is 6.64. The largest absolute Gasteiger partial charge is 0.487 e. The van der Waals surface area contributed by atoms with Crippen LogP contribution < -0.4 is 10.1 Å². The Kier molecular flexibility index (Phi) is 6.14. The van der Waals surface area contributed by atoms with Crippen LogP contribution in [0.25, 0.3) is 0 Å². The van der Waals surface area contributed by atoms with Gasteiger partial charge in [0.15, 0.2) is 0 Å². The third kappa shape index (κ3) is 5.81. The molecular formula is C16H20BrN3O. The van der Waals surface area contributed by atoms with Gasteiger partial charge in [-0.05, 0) is 46.6 Å². The average Bonchev–Trinajstić information content (AvgIpc) is 2.46. The lowest BCUT2D eigenvalue weighted by atomic mass is 10.2. The Labute approximate surface area is 134 Å². The van der Waals surface area contributed by atoms with Gasteiger partial charge < -0.3 is 10.1 Å². The molecule has 2 aromatic rings. The van der Waals surface area contributed by atoms with Crippen LogP contribution in [0.5, 0.6) is 5.75 Å². The number of hydrogen-bond acceptors (Lipinski definition) is 4. The number of nitrogens with one attached hydrogen (secondary N) is 1. The van der Waals surface area contributed by atoms with E-state index in [-0.39, 0.29) is 0 Å². The fourth-order valence-corrected chi connectivity index (χ4v) is 2.20. The zero-order valence-corrected chi connectivity index (χ0v) is 13.9. The summed E-state index contributed by atoms with van der Waals surface area (Å²) in [6.07, 6.45) is 5.31. The summed E-state index contributed by atoms with van der Waals surface area (Å²) < 4.78 is 6.65. The van der Waals surface area contributed by atoms with Crippen molar-refractivity contribution in [3.63, 3.8) is 0 Å². The molecule has 0 atom stereocenters. The molecular weight excluding hydrogens is 330 g/mol. The number of rotatable bonds is 7. The SMILES string of the molecule is CC(C)CNCc1ccc(OCc2cncc(Br)c2)cn1. The second-order valence-electron chi connectivity index (χ2n) is 5.31. The third-order valence-corrected chi connectivity index (χ3v) is 3.26. The number of halogens is 1. The Bertz CT molecular complexity index is 558. The Morgan fingerprint density at radius 3 is 2.76 bits per heavy atom. The molecule has 0 radical (unpaired) electrons. The predicted molar refractivity (Wildman–Crippen MR) is 87.1 cm³/mol. The van der Waals surface area contributed by atoms with E-state index >= 15 is 0 Å². The molecule has 1 N–H and O–H groups in total. The van der Waals surface area contributed by atoms with Crippen LogP contribution in [0.3, 0.4) is 0 Å². The molecule has 0 fully saturated rings. The standard InChI is InChI=1S/C16H20BrN3O/c1-12(2)6-18-9-15-3-4-16(10-20-15)21-11-13-5-14(17)8-19-7-13/h3-5,7-8,10,12,18H,6,9,11H2,1-2H3. The quantitative estimate of drug-likeness (QED) is 0.829. The summed E-state index contributed by atoms with van der Waals surface area (Å²) in [5, 5.41) is 3.37. The predicted octanol–water partition coefficient (Wildman–Crippen LogP) is 3.56. The van der Waals surface area contributed by atoms with Gasteiger partial charge in [-0.3, -0.25) is 9.97 Å². The second-order valence-corrected chi connectivity index (χ2v) is 6.23. The molecule has 0 aromatic carbocycles. The van der Waals surface area contributed by atoms with E-state index in [4.69, 9.17) is 4.74 Å². The minimum Gasteiger partial charge on any atom is -0.487 e. The van der Waals surface area contributed by atoms with Crippen molar-refractivity contribution < 1.29 is 4.74 Å². The first-order valence-electron chi connectivity index (χ1n) is 7.01. The lowest BCUT2D eigenvalue weighted by Gasteiger charge is -2.08. The van der Waals surface area contributed by atoms with Crippen LogP contribution in [-0.4, -0.2) is 16.5 Å². The maximum absolute atomic E-state index is 5.70. The molecule has 0 saturated heterocycles. The molecule has 2 heterocycles. The van der Waals surface area contributed by atoms with Crippen molar-refractivity contribution in [1.82, 2.24) is 15.3 Å². The van der Waals surface area contributed by atoms with Gasteiger partial charge in [0.05, 0.1) is 11.9 Å². The van der Waals surface area contributed by atoms with Crippen LogP contribution in [0.4, 0.5) is 0 Å². The first-order valence-corrected chi connectivity index (χ1v) is 7.80. The molecule has 0 unspecified atom stereocenters. The molecule has 2 rings (SSSR count). The molecule has 2 aromatic heterocycles. The smallest absolute Gasteiger partial charge is 0.138 e. The summed E-state index contributed by atoms with van der Waals surface area (Å²) in [7, 11) is 0. The Morgan fingerprint density at radius 2 is 2.10 bits per heavy atom. The molecule has 0 bridgehead atoms. The van der Waals surface area contributed by atoms with Gasteiger partial charge in [-0.2, -0.15) is 0 Å². The maximum Gasteiger partial charge on any atom is 0.138 e. The van der Waals surface area contributed by atoms with Crippen LogP contribution in [0.2, 0.25) is 0 Å². The normalized spacial score (nSPS) is 10.9. The number of nitrogens with zero attached hydrogens (tertiary/aromatic N) is 2. The number of pyridine rings is 2. The van der Waals surface area contributed by atoms with Gasteiger partial charge in [0, 0.05) is 29.0 Å². The van der Waals surface area contributed by atoms with Gasteiger partial charge in [-0.1, -0.05) is 13.8 Å². The molecule has 0 aliphatic rings. The van der Waals surface area contributed by atoms with Crippen molar-refractivity contribution in [1.29, 1.82) is 0 Å². The van der Waals surface area contributed by atoms with Gasteiger partial charge in [0.2, 0.25) is 0 Å². The number of aromatic nitrogens is 2. The summed E-state index contributed by atoms with van der Waals surface area (Å²) in [5.74, 6) is 1.41. The number of ether oxygens (including phenoxy) is 1.